The Bertz CT molecular complexity index is 569. The van der Waals surface area contributed by atoms with E-state index in [1.165, 1.54) is 0 Å². The summed E-state index contributed by atoms with van der Waals surface area (Å²) in [6.45, 7) is 2.05. The molecule has 0 saturated carbocycles. The van der Waals surface area contributed by atoms with Gasteiger partial charge in [-0.1, -0.05) is 6.92 Å². The van der Waals surface area contributed by atoms with E-state index in [0.717, 1.165) is 17.1 Å². The first kappa shape index (κ1) is 13.4. The molecule has 1 heterocycles. The minimum absolute atomic E-state index is 0.0743. The highest BCUT2D eigenvalue weighted by atomic mass is 32.1. The number of anilines is 2. The third-order valence-electron chi connectivity index (χ3n) is 2.78. The zero-order chi connectivity index (χ0) is 13.8. The van der Waals surface area contributed by atoms with E-state index in [0.29, 0.717) is 0 Å². The van der Waals surface area contributed by atoms with Crippen LogP contribution in [0.25, 0.3) is 0 Å². The number of nitrogens with zero attached hydrogens (tertiary/aromatic N) is 1. The van der Waals surface area contributed by atoms with Crippen LogP contribution in [0.15, 0.2) is 29.8 Å². The van der Waals surface area contributed by atoms with E-state index in [1.807, 2.05) is 5.38 Å². The Hall–Kier alpha value is -2.08. The molecule has 2 rings (SSSR count). The van der Waals surface area contributed by atoms with Crippen molar-refractivity contribution in [3.8, 4) is 0 Å². The van der Waals surface area contributed by atoms with Crippen LogP contribution in [0.4, 0.5) is 11.4 Å². The molecule has 1 unspecified atom stereocenters. The number of hydrogen-bond acceptors (Lipinski definition) is 5. The van der Waals surface area contributed by atoms with Crippen LogP contribution in [-0.2, 0) is 0 Å². The van der Waals surface area contributed by atoms with E-state index in [9.17, 15) is 4.79 Å². The number of thiazole rings is 1. The van der Waals surface area contributed by atoms with Crippen molar-refractivity contribution in [3.05, 3.63) is 40.3 Å². The smallest absolute Gasteiger partial charge is 0.337 e. The van der Waals surface area contributed by atoms with Crippen molar-refractivity contribution in [3.63, 3.8) is 0 Å². The number of aromatic nitrogens is 1. The number of aromatic carboxylic acids is 1. The summed E-state index contributed by atoms with van der Waals surface area (Å²) in [5.41, 5.74) is 6.73. The first-order chi connectivity index (χ1) is 9.11. The predicted molar refractivity (Wildman–Crippen MR) is 76.6 cm³/mol. The van der Waals surface area contributed by atoms with Gasteiger partial charge in [0.2, 0.25) is 0 Å². The van der Waals surface area contributed by atoms with Gasteiger partial charge >= 0.3 is 5.97 Å². The fourth-order valence-corrected chi connectivity index (χ4v) is 2.55. The first-order valence-electron chi connectivity index (χ1n) is 5.90. The van der Waals surface area contributed by atoms with Gasteiger partial charge in [-0.3, -0.25) is 0 Å². The molecule has 0 spiro atoms. The molecule has 2 aromatic rings. The lowest BCUT2D eigenvalue weighted by Gasteiger charge is -2.16. The summed E-state index contributed by atoms with van der Waals surface area (Å²) in [4.78, 5) is 15.3. The first-order valence-corrected chi connectivity index (χ1v) is 6.78. The molecule has 6 heteroatoms. The fraction of sp³-hybridized carbons (Fsp3) is 0.231. The molecule has 1 aromatic carbocycles. The zero-order valence-electron chi connectivity index (χ0n) is 10.5. The molecule has 5 nitrogen and oxygen atoms in total. The van der Waals surface area contributed by atoms with Crippen LogP contribution >= 0.6 is 11.3 Å². The van der Waals surface area contributed by atoms with Crippen molar-refractivity contribution in [2.75, 3.05) is 11.1 Å². The molecule has 19 heavy (non-hydrogen) atoms. The molecular formula is C13H15N3O2S. The van der Waals surface area contributed by atoms with E-state index < -0.39 is 5.97 Å². The maximum atomic E-state index is 11.0. The lowest BCUT2D eigenvalue weighted by molar-refractivity contribution is 0.0698. The van der Waals surface area contributed by atoms with Crippen LogP contribution < -0.4 is 11.1 Å². The predicted octanol–water partition coefficient (Wildman–Crippen LogP) is 2.99. The quantitative estimate of drug-likeness (QED) is 0.731. The van der Waals surface area contributed by atoms with Gasteiger partial charge in [0.05, 0.1) is 11.6 Å². The summed E-state index contributed by atoms with van der Waals surface area (Å²) >= 11 is 1.57. The Morgan fingerprint density at radius 2 is 2.37 bits per heavy atom. The highest BCUT2D eigenvalue weighted by Crippen LogP contribution is 2.26. The summed E-state index contributed by atoms with van der Waals surface area (Å²) in [6, 6.07) is 5.00. The highest BCUT2D eigenvalue weighted by Gasteiger charge is 2.14. The van der Waals surface area contributed by atoms with Crippen LogP contribution in [0.5, 0.6) is 0 Å². The minimum atomic E-state index is -1.02. The summed E-state index contributed by atoms with van der Waals surface area (Å²) in [5, 5.41) is 15.2. The van der Waals surface area contributed by atoms with Gasteiger partial charge in [0.15, 0.2) is 0 Å². The van der Waals surface area contributed by atoms with Gasteiger partial charge in [0, 0.05) is 23.0 Å². The van der Waals surface area contributed by atoms with Crippen molar-refractivity contribution in [2.45, 2.75) is 19.4 Å². The maximum Gasteiger partial charge on any atom is 0.337 e. The monoisotopic (exact) mass is 277 g/mol. The molecule has 100 valence electrons. The Kier molecular flexibility index (Phi) is 4.01. The lowest BCUT2D eigenvalue weighted by atomic mass is 10.1. The SMILES string of the molecule is CCC(Nc1ccc(N)c(C(=O)O)c1)c1nccs1. The van der Waals surface area contributed by atoms with Crippen molar-refractivity contribution >= 4 is 28.7 Å². The molecule has 0 bridgehead atoms. The second kappa shape index (κ2) is 5.71. The van der Waals surface area contributed by atoms with Crippen LogP contribution in [0.1, 0.15) is 34.8 Å². The van der Waals surface area contributed by atoms with E-state index in [-0.39, 0.29) is 17.3 Å². The van der Waals surface area contributed by atoms with Gasteiger partial charge < -0.3 is 16.2 Å². The number of carboxylic acids is 1. The van der Waals surface area contributed by atoms with Crippen LogP contribution in [-0.4, -0.2) is 16.1 Å². The topological polar surface area (TPSA) is 88.2 Å². The number of rotatable bonds is 5. The van der Waals surface area contributed by atoms with Crippen molar-refractivity contribution in [1.29, 1.82) is 0 Å². The molecule has 1 atom stereocenters. The highest BCUT2D eigenvalue weighted by molar-refractivity contribution is 7.09. The number of carbonyl (C=O) groups is 1. The molecule has 0 amide bonds. The van der Waals surface area contributed by atoms with Crippen LogP contribution in [0.2, 0.25) is 0 Å². The molecule has 4 N–H and O–H groups in total. The third-order valence-corrected chi connectivity index (χ3v) is 3.67. The number of nitrogen functional groups attached to an aromatic ring is 1. The molecule has 1 aromatic heterocycles. The van der Waals surface area contributed by atoms with E-state index in [4.69, 9.17) is 10.8 Å². The lowest BCUT2D eigenvalue weighted by Crippen LogP contribution is -2.10. The van der Waals surface area contributed by atoms with Gasteiger partial charge in [-0.25, -0.2) is 9.78 Å². The number of nitrogens with two attached hydrogens (primary N) is 1. The van der Waals surface area contributed by atoms with E-state index in [2.05, 4.69) is 17.2 Å². The molecule has 0 aliphatic rings. The second-order valence-corrected chi connectivity index (χ2v) is 5.01. The van der Waals surface area contributed by atoms with Crippen molar-refractivity contribution in [2.24, 2.45) is 0 Å². The van der Waals surface area contributed by atoms with Crippen molar-refractivity contribution in [1.82, 2.24) is 4.98 Å². The van der Waals surface area contributed by atoms with Gasteiger partial charge in [-0.15, -0.1) is 11.3 Å². The van der Waals surface area contributed by atoms with Gasteiger partial charge in [-0.2, -0.15) is 0 Å². The Morgan fingerprint density at radius 1 is 1.58 bits per heavy atom. The standard InChI is InChI=1S/C13H15N3O2S/c1-2-11(12-15-5-6-19-12)16-8-3-4-10(14)9(7-8)13(17)18/h3-7,11,16H,2,14H2,1H3,(H,17,18). The summed E-state index contributed by atoms with van der Waals surface area (Å²) in [7, 11) is 0. The Labute approximate surface area is 115 Å². The number of carboxylic acid groups (broad SMARTS) is 1. The Morgan fingerprint density at radius 3 is 2.95 bits per heavy atom. The van der Waals surface area contributed by atoms with E-state index in [1.54, 1.807) is 35.7 Å². The summed E-state index contributed by atoms with van der Waals surface area (Å²) in [5.74, 6) is -1.02. The number of benzene rings is 1. The molecule has 0 radical (unpaired) electrons. The van der Waals surface area contributed by atoms with Crippen molar-refractivity contribution < 1.29 is 9.90 Å². The molecular weight excluding hydrogens is 262 g/mol. The van der Waals surface area contributed by atoms with Gasteiger partial charge in [0.1, 0.15) is 5.01 Å². The molecule has 0 saturated heterocycles. The normalized spacial score (nSPS) is 12.1. The van der Waals surface area contributed by atoms with E-state index >= 15 is 0 Å². The largest absolute Gasteiger partial charge is 0.478 e. The maximum absolute atomic E-state index is 11.0. The zero-order valence-corrected chi connectivity index (χ0v) is 11.3. The average Bonchev–Trinajstić information content (AvgIpc) is 2.91. The summed E-state index contributed by atoms with van der Waals surface area (Å²) < 4.78 is 0. The van der Waals surface area contributed by atoms with Crippen LogP contribution in [0, 0.1) is 0 Å². The average molecular weight is 277 g/mol. The minimum Gasteiger partial charge on any atom is -0.478 e. The summed E-state index contributed by atoms with van der Waals surface area (Å²) in [6.07, 6.45) is 2.62. The van der Waals surface area contributed by atoms with Gasteiger partial charge in [-0.05, 0) is 24.6 Å². The molecule has 0 fully saturated rings. The molecule has 0 aliphatic carbocycles. The number of nitrogens with one attached hydrogen (secondary N) is 1. The third kappa shape index (κ3) is 3.03. The fourth-order valence-electron chi connectivity index (χ4n) is 1.78. The second-order valence-electron chi connectivity index (χ2n) is 4.08. The van der Waals surface area contributed by atoms with Crippen LogP contribution in [0.3, 0.4) is 0 Å². The number of hydrogen-bond donors (Lipinski definition) is 3. The Balaban J connectivity index is 2.23. The van der Waals surface area contributed by atoms with Gasteiger partial charge in [0.25, 0.3) is 0 Å². The molecule has 0 aliphatic heterocycles.